The number of phenolic OH excluding ortho intramolecular Hbond substituents is 5. The first-order valence-corrected chi connectivity index (χ1v) is 45.1. The van der Waals surface area contributed by atoms with Crippen molar-refractivity contribution in [3.63, 3.8) is 0 Å². The van der Waals surface area contributed by atoms with Crippen LogP contribution in [0.1, 0.15) is 211 Å². The fourth-order valence-corrected chi connectivity index (χ4v) is 12.5. The average Bonchev–Trinajstić information content (AvgIpc) is 0.852. The summed E-state index contributed by atoms with van der Waals surface area (Å²) in [5, 5.41) is 91.6. The van der Waals surface area contributed by atoms with Gasteiger partial charge in [-0.2, -0.15) is 0 Å². The molecule has 0 aromatic heterocycles. The molecule has 138 heavy (non-hydrogen) atoms. The number of rotatable bonds is 41. The second kappa shape index (κ2) is 70.7. The van der Waals surface area contributed by atoms with Crippen LogP contribution < -0.4 is 33.2 Å². The number of aliphatic hydroxyl groups excluding tert-OH is 4. The van der Waals surface area contributed by atoms with Crippen molar-refractivity contribution in [3.05, 3.63) is 278 Å². The van der Waals surface area contributed by atoms with Crippen LogP contribution in [0.15, 0.2) is 200 Å². The van der Waals surface area contributed by atoms with E-state index in [0.717, 1.165) is 104 Å². The lowest BCUT2D eigenvalue weighted by Gasteiger charge is -2.11. The number of aliphatic hydroxyl groups is 4. The van der Waals surface area contributed by atoms with Gasteiger partial charge in [-0.1, -0.05) is 103 Å². The van der Waals surface area contributed by atoms with Gasteiger partial charge >= 0.3 is 0 Å². The van der Waals surface area contributed by atoms with Crippen LogP contribution in [0.3, 0.4) is 0 Å². The highest BCUT2D eigenvalue weighted by molar-refractivity contribution is 5.79. The zero-order chi connectivity index (χ0) is 104. The number of ketones is 10. The molecular formula is C111H142O27. The Kier molecular flexibility index (Phi) is 62.6. The molecule has 0 saturated heterocycles. The lowest BCUT2D eigenvalue weighted by Crippen LogP contribution is -2.01. The minimum absolute atomic E-state index is 0.0234. The number of carbonyl (C=O) groups excluding carboxylic acids is 10. The number of ether oxygens (including phenoxy) is 7. The first-order chi connectivity index (χ1) is 65.7. The summed E-state index contributed by atoms with van der Waals surface area (Å²) in [6.07, 6.45) is 12.0. The van der Waals surface area contributed by atoms with Crippen molar-refractivity contribution < 1.29 is 132 Å². The van der Waals surface area contributed by atoms with Crippen LogP contribution in [0.4, 0.5) is 0 Å². The van der Waals surface area contributed by atoms with Crippen LogP contribution in [0.5, 0.6) is 74.7 Å². The van der Waals surface area contributed by atoms with Crippen molar-refractivity contribution in [2.24, 2.45) is 0 Å². The third-order valence-corrected chi connectivity index (χ3v) is 20.5. The van der Waals surface area contributed by atoms with E-state index in [2.05, 4.69) is 0 Å². The predicted molar refractivity (Wildman–Crippen MR) is 534 cm³/mol. The van der Waals surface area contributed by atoms with Crippen LogP contribution in [0, 0.1) is 0 Å². The van der Waals surface area contributed by atoms with Gasteiger partial charge in [0.15, 0.2) is 34.5 Å². The summed E-state index contributed by atoms with van der Waals surface area (Å²) in [5.41, 5.74) is 12.9. The summed E-state index contributed by atoms with van der Waals surface area (Å²) < 4.78 is 35.6. The topological polar surface area (TPSA) is 438 Å². The van der Waals surface area contributed by atoms with Crippen molar-refractivity contribution in [1.29, 1.82) is 0 Å². The highest BCUT2D eigenvalue weighted by Crippen LogP contribution is 2.32. The van der Waals surface area contributed by atoms with Crippen molar-refractivity contribution in [3.8, 4) is 74.7 Å². The van der Waals surface area contributed by atoms with Gasteiger partial charge in [0.05, 0.1) is 76.2 Å². The molecule has 0 bridgehead atoms. The third kappa shape index (κ3) is 54.0. The molecule has 27 nitrogen and oxygen atoms in total. The summed E-state index contributed by atoms with van der Waals surface area (Å²) in [7, 11) is 11.2. The molecule has 0 unspecified atom stereocenters. The number of aromatic hydroxyl groups is 6. The second-order valence-electron chi connectivity index (χ2n) is 32.1. The molecule has 0 spiro atoms. The number of aryl methyl sites for hydroxylation is 10. The Bertz CT molecular complexity index is 5380. The SMILES string of the molecule is CC(=O)CCc1ccc(O)c(O)c1.CC(=O)CCc1ccc(O)cc1O.CC(=O)CCc1cccc(O)c1CO.CC(=O)CCc1ccccc1CO.COc1cc(CCC(C)=O)ccc1O.COc1ccc(CCC(C)=O)c(CO)c1.COc1ccc(CCC(C)=O)cc1.COc1ccc(CCC(C)=O)cc1OC.COc1cccc(CCC(C)=O)c1.COc1cccc(CCC(C)=O)c1CO. The van der Waals surface area contributed by atoms with E-state index < -0.39 is 0 Å². The molecular weight excluding hydrogens is 1770 g/mol. The molecule has 0 saturated carbocycles. The fraction of sp³-hybridized carbons (Fsp3) is 0.369. The zero-order valence-electron chi connectivity index (χ0n) is 82.9. The van der Waals surface area contributed by atoms with Gasteiger partial charge in [0.25, 0.3) is 0 Å². The Morgan fingerprint density at radius 2 is 0.543 bits per heavy atom. The Balaban J connectivity index is 0.000000767. The summed E-state index contributed by atoms with van der Waals surface area (Å²) in [5.74, 6) is 6.64. The van der Waals surface area contributed by atoms with E-state index in [1.54, 1.807) is 134 Å². The Labute approximate surface area is 812 Å². The highest BCUT2D eigenvalue weighted by atomic mass is 16.5. The normalized spacial score (nSPS) is 9.92. The number of phenols is 6. The Hall–Kier alpha value is -13.9. The molecule has 0 aliphatic carbocycles. The van der Waals surface area contributed by atoms with Gasteiger partial charge in [0, 0.05) is 81.4 Å². The van der Waals surface area contributed by atoms with Gasteiger partial charge in [-0.05, 0) is 291 Å². The molecule has 0 atom stereocenters. The van der Waals surface area contributed by atoms with E-state index >= 15 is 0 Å². The van der Waals surface area contributed by atoms with Crippen LogP contribution in [-0.2, 0) is 139 Å². The van der Waals surface area contributed by atoms with E-state index in [1.807, 2.05) is 127 Å². The maximum Gasteiger partial charge on any atom is 0.160 e. The number of benzene rings is 10. The first-order valence-electron chi connectivity index (χ1n) is 45.1. The van der Waals surface area contributed by atoms with E-state index in [9.17, 15) is 68.4 Å². The van der Waals surface area contributed by atoms with E-state index in [-0.39, 0.29) is 119 Å². The van der Waals surface area contributed by atoms with Crippen LogP contribution in [-0.4, -0.2) is 159 Å². The van der Waals surface area contributed by atoms with Crippen LogP contribution >= 0.6 is 0 Å². The highest BCUT2D eigenvalue weighted by Gasteiger charge is 2.14. The molecule has 0 aliphatic heterocycles. The van der Waals surface area contributed by atoms with E-state index in [1.165, 1.54) is 63.8 Å². The van der Waals surface area contributed by atoms with Gasteiger partial charge < -0.3 is 132 Å². The predicted octanol–water partition coefficient (Wildman–Crippen LogP) is 18.3. The molecule has 0 fully saturated rings. The lowest BCUT2D eigenvalue weighted by molar-refractivity contribution is -0.117. The Morgan fingerprint density at radius 3 is 0.971 bits per heavy atom. The molecule has 27 heteroatoms. The summed E-state index contributed by atoms with van der Waals surface area (Å²) in [6.45, 7) is 15.5. The van der Waals surface area contributed by atoms with Gasteiger partial charge in [-0.3, -0.25) is 0 Å². The number of carbonyl (C=O) groups is 10. The molecule has 0 aliphatic rings. The quantitative estimate of drug-likeness (QED) is 0.0159. The molecule has 10 aromatic carbocycles. The number of methoxy groups -OCH3 is 7. The average molecular weight is 1910 g/mol. The second-order valence-corrected chi connectivity index (χ2v) is 32.1. The third-order valence-electron chi connectivity index (χ3n) is 20.5. The maximum atomic E-state index is 10.9. The maximum absolute atomic E-state index is 10.9. The smallest absolute Gasteiger partial charge is 0.160 e. The minimum Gasteiger partial charge on any atom is -0.508 e. The van der Waals surface area contributed by atoms with Crippen LogP contribution in [0.2, 0.25) is 0 Å². The van der Waals surface area contributed by atoms with Crippen molar-refractivity contribution in [2.45, 2.75) is 224 Å². The molecule has 748 valence electrons. The van der Waals surface area contributed by atoms with E-state index in [4.69, 9.17) is 63.8 Å². The number of hydrogen-bond donors (Lipinski definition) is 10. The first kappa shape index (κ1) is 122. The minimum atomic E-state index is -0.195. The summed E-state index contributed by atoms with van der Waals surface area (Å²) >= 11 is 0. The molecule has 0 radical (unpaired) electrons. The van der Waals surface area contributed by atoms with Gasteiger partial charge in [0.1, 0.15) is 98.1 Å². The van der Waals surface area contributed by atoms with Crippen molar-refractivity contribution >= 4 is 57.8 Å². The summed E-state index contributed by atoms with van der Waals surface area (Å²) in [4.78, 5) is 108. The number of Topliss-reactive ketones (excluding diaryl/α,β-unsaturated/α-hetero) is 10. The lowest BCUT2D eigenvalue weighted by atomic mass is 10.0. The Morgan fingerprint density at radius 1 is 0.203 bits per heavy atom. The van der Waals surface area contributed by atoms with Crippen molar-refractivity contribution in [2.75, 3.05) is 49.8 Å². The van der Waals surface area contributed by atoms with Gasteiger partial charge in [-0.25, -0.2) is 0 Å². The monoisotopic (exact) mass is 1910 g/mol. The van der Waals surface area contributed by atoms with Crippen molar-refractivity contribution in [1.82, 2.24) is 0 Å². The van der Waals surface area contributed by atoms with E-state index in [0.29, 0.717) is 137 Å². The molecule has 0 heterocycles. The largest absolute Gasteiger partial charge is 0.508 e. The standard InChI is InChI=1S/3C12H16O3.2C11H14O3.3C11H14O2.2C10H12O3/c1-9(13)4-5-10-6-7-11(14-2)12(8-10)15-3;1-9(14)3-4-10-5-6-12(15-2)7-11(10)8-13;1-9(14)6-7-10-4-3-5-12(15-2)11(10)8-13;1-8(12)3-4-9-5-6-10(13)11(7-9)14-2;1-8(13)5-6-9-3-2-4-11(14)10(9)7-12;1-9(12)3-4-10-5-7-11(13-2)8-6-10;1-9(12)6-7-10-4-3-5-11(8-10)13-2;1-9(13)6-7-10-4-2-3-5-11(10)8-12;1-7(11)2-3-8-4-5-9(12)6-10(8)13;1-7(11)2-3-8-4-5-9(12)10(13)6-8/h6-8H,4-5H2,1-3H3;5-7,13H,3-4,8H2,1-2H3;3-5,13H,6-8H2,1-2H3;5-7,13H,3-4H2,1-2H3;2-4,12,14H,5-7H2,1H3;5-8H,3-4H2,1-2H3;3-5,8H,6-7H2,1-2H3;2-5,12H,6-8H2,1H3;2*4-6,12-13H,2-3H2,1H3. The van der Waals surface area contributed by atoms with Gasteiger partial charge in [0.2, 0.25) is 0 Å². The zero-order valence-corrected chi connectivity index (χ0v) is 82.9. The van der Waals surface area contributed by atoms with Crippen LogP contribution in [0.25, 0.3) is 0 Å². The fourth-order valence-electron chi connectivity index (χ4n) is 12.5. The molecule has 10 rings (SSSR count). The molecule has 10 aromatic rings. The number of hydrogen-bond acceptors (Lipinski definition) is 27. The van der Waals surface area contributed by atoms with Gasteiger partial charge in [-0.15, -0.1) is 0 Å². The summed E-state index contributed by atoms with van der Waals surface area (Å²) in [6, 6.07) is 59.2. The molecule has 0 amide bonds. The molecule has 10 N–H and O–H groups in total.